The van der Waals surface area contributed by atoms with E-state index in [4.69, 9.17) is 4.74 Å². The van der Waals surface area contributed by atoms with Crippen LogP contribution in [0.25, 0.3) is 0 Å². The number of carbonyl (C=O) groups excluding carboxylic acids is 1. The molecule has 2 aromatic rings. The van der Waals surface area contributed by atoms with E-state index in [-0.39, 0.29) is 39.9 Å². The summed E-state index contributed by atoms with van der Waals surface area (Å²) in [7, 11) is -3.34. The van der Waals surface area contributed by atoms with Crippen molar-refractivity contribution in [3.8, 4) is 23.3 Å². The first kappa shape index (κ1) is 28.3. The van der Waals surface area contributed by atoms with Crippen LogP contribution in [-0.2, 0) is 14.6 Å². The Kier molecular flexibility index (Phi) is 6.26. The van der Waals surface area contributed by atoms with Gasteiger partial charge in [0.2, 0.25) is 0 Å². The Morgan fingerprint density at radius 3 is 2.49 bits per heavy atom. The second kappa shape index (κ2) is 9.51. The topological polar surface area (TPSA) is 89.9 Å². The minimum absolute atomic E-state index is 0.0126. The first-order valence-corrected chi connectivity index (χ1v) is 16.6. The number of halogens is 2. The lowest BCUT2D eigenvalue weighted by Gasteiger charge is -2.53. The van der Waals surface area contributed by atoms with Crippen molar-refractivity contribution in [1.29, 1.82) is 0 Å². The Morgan fingerprint density at radius 1 is 1.00 bits per heavy atom. The Hall–Kier alpha value is -3.48. The molecule has 5 aliphatic rings. The van der Waals surface area contributed by atoms with Gasteiger partial charge in [0.1, 0.15) is 5.60 Å². The standard InChI is InChI=1S/C34H32F2O6S/c1-32-19-27(22-6-12-29-30(18-22)42-34(35,36)41-29)31-25-11-7-23(37)17-21(25)5-10-26(31)28(32)14-16-33(32,38)15-13-20-3-8-24(9-4-20)43(2,39)40/h3-4,6,8-9,12,17-18,26-28,38H,5,7,10-11,14,16,19H2,1-2H3/t26-,27+,28-,32-,33-/m0/s1. The smallest absolute Gasteiger partial charge is 0.395 e. The van der Waals surface area contributed by atoms with Crippen LogP contribution in [0.1, 0.15) is 68.9 Å². The predicted molar refractivity (Wildman–Crippen MR) is 154 cm³/mol. The molecule has 2 fully saturated rings. The number of rotatable bonds is 2. The van der Waals surface area contributed by atoms with Crippen molar-refractivity contribution in [2.24, 2.45) is 17.3 Å². The molecule has 0 saturated heterocycles. The highest BCUT2D eigenvalue weighted by molar-refractivity contribution is 7.90. The summed E-state index contributed by atoms with van der Waals surface area (Å²) in [5.41, 5.74) is 3.03. The number of benzene rings is 2. The molecule has 5 atom stereocenters. The van der Waals surface area contributed by atoms with Gasteiger partial charge < -0.3 is 14.6 Å². The second-order valence-electron chi connectivity index (χ2n) is 12.8. The van der Waals surface area contributed by atoms with Crippen LogP contribution in [0.4, 0.5) is 8.78 Å². The van der Waals surface area contributed by atoms with E-state index >= 15 is 0 Å². The number of allylic oxidation sites excluding steroid dienone is 4. The maximum Gasteiger partial charge on any atom is 0.586 e. The first-order valence-electron chi connectivity index (χ1n) is 14.7. The number of hydrogen-bond acceptors (Lipinski definition) is 6. The van der Waals surface area contributed by atoms with Gasteiger partial charge in [-0.1, -0.05) is 30.4 Å². The summed E-state index contributed by atoms with van der Waals surface area (Å²) in [5.74, 6) is 6.52. The van der Waals surface area contributed by atoms with Crippen molar-refractivity contribution in [3.63, 3.8) is 0 Å². The second-order valence-corrected chi connectivity index (χ2v) is 14.8. The van der Waals surface area contributed by atoms with Crippen LogP contribution in [-0.4, -0.2) is 37.5 Å². The molecule has 0 amide bonds. The number of alkyl halides is 2. The minimum atomic E-state index is -3.72. The van der Waals surface area contributed by atoms with Crippen molar-refractivity contribution < 1.29 is 36.6 Å². The van der Waals surface area contributed by atoms with Gasteiger partial charge >= 0.3 is 6.29 Å². The molecule has 4 aliphatic carbocycles. The normalized spacial score (nSPS) is 32.3. The molecule has 0 spiro atoms. The van der Waals surface area contributed by atoms with E-state index in [9.17, 15) is 27.1 Å². The average Bonchev–Trinajstić information content (AvgIpc) is 3.41. The molecule has 2 aromatic carbocycles. The van der Waals surface area contributed by atoms with E-state index < -0.39 is 27.1 Å². The third-order valence-electron chi connectivity index (χ3n) is 10.4. The Balaban J connectivity index is 1.31. The Morgan fingerprint density at radius 2 is 1.74 bits per heavy atom. The van der Waals surface area contributed by atoms with Crippen LogP contribution < -0.4 is 9.47 Å². The molecule has 2 saturated carbocycles. The van der Waals surface area contributed by atoms with E-state index in [1.165, 1.54) is 29.3 Å². The van der Waals surface area contributed by atoms with Crippen LogP contribution in [0, 0.1) is 29.1 Å². The number of hydrogen-bond donors (Lipinski definition) is 1. The van der Waals surface area contributed by atoms with Crippen molar-refractivity contribution in [1.82, 2.24) is 0 Å². The zero-order chi connectivity index (χ0) is 30.4. The molecule has 7 rings (SSSR count). The molecule has 0 aromatic heterocycles. The van der Waals surface area contributed by atoms with Gasteiger partial charge in [-0.2, -0.15) is 0 Å². The quantitative estimate of drug-likeness (QED) is 0.416. The molecular weight excluding hydrogens is 574 g/mol. The molecule has 0 radical (unpaired) electrons. The van der Waals surface area contributed by atoms with Crippen molar-refractivity contribution in [2.45, 2.75) is 74.6 Å². The summed E-state index contributed by atoms with van der Waals surface area (Å²) >= 11 is 0. The van der Waals surface area contributed by atoms with Gasteiger partial charge in [0.25, 0.3) is 0 Å². The van der Waals surface area contributed by atoms with Crippen LogP contribution in [0.15, 0.2) is 70.2 Å². The van der Waals surface area contributed by atoms with E-state index in [0.717, 1.165) is 36.7 Å². The highest BCUT2D eigenvalue weighted by atomic mass is 32.2. The third-order valence-corrected chi connectivity index (χ3v) is 11.5. The monoisotopic (exact) mass is 606 g/mol. The SMILES string of the molecule is C[C@]12C[C@H](c3ccc4c(c3)OC(F)(F)O4)C3=C4CCC(=O)C=C4CC[C@H]3[C@@H]1CC[C@@]2(O)C#Cc1ccc(S(C)(=O)=O)cc1. The van der Waals surface area contributed by atoms with Gasteiger partial charge in [-0.05, 0) is 110 Å². The Labute approximate surface area is 249 Å². The average molecular weight is 607 g/mol. The lowest BCUT2D eigenvalue weighted by atomic mass is 9.51. The maximum absolute atomic E-state index is 13.9. The van der Waals surface area contributed by atoms with Gasteiger partial charge in [0.05, 0.1) is 4.90 Å². The van der Waals surface area contributed by atoms with Gasteiger partial charge in [0.15, 0.2) is 27.1 Å². The summed E-state index contributed by atoms with van der Waals surface area (Å²) in [6, 6.07) is 11.3. The lowest BCUT2D eigenvalue weighted by Crippen LogP contribution is -2.51. The molecule has 0 unspecified atom stereocenters. The molecular formula is C34H32F2O6S. The van der Waals surface area contributed by atoms with E-state index in [1.807, 2.05) is 0 Å². The van der Waals surface area contributed by atoms with Gasteiger partial charge in [-0.25, -0.2) is 8.42 Å². The fourth-order valence-corrected chi connectivity index (χ4v) is 8.94. The number of ether oxygens (including phenoxy) is 2. The third kappa shape index (κ3) is 4.61. The molecule has 6 nitrogen and oxygen atoms in total. The molecule has 0 bridgehead atoms. The zero-order valence-corrected chi connectivity index (χ0v) is 24.8. The number of ketones is 1. The van der Waals surface area contributed by atoms with E-state index in [2.05, 4.69) is 23.5 Å². The fraction of sp³-hybridized carbons (Fsp3) is 0.441. The largest absolute Gasteiger partial charge is 0.586 e. The summed E-state index contributed by atoms with van der Waals surface area (Å²) in [4.78, 5) is 12.5. The van der Waals surface area contributed by atoms with E-state index in [0.29, 0.717) is 31.2 Å². The van der Waals surface area contributed by atoms with Crippen LogP contribution >= 0.6 is 0 Å². The van der Waals surface area contributed by atoms with Gasteiger partial charge in [-0.3, -0.25) is 4.79 Å². The number of sulfone groups is 1. The maximum atomic E-state index is 13.9. The predicted octanol–water partition coefficient (Wildman–Crippen LogP) is 6.09. The fourth-order valence-electron chi connectivity index (χ4n) is 8.31. The summed E-state index contributed by atoms with van der Waals surface area (Å²) in [5, 5.41) is 12.3. The van der Waals surface area contributed by atoms with Crippen molar-refractivity contribution in [2.75, 3.05) is 6.26 Å². The molecule has 43 heavy (non-hydrogen) atoms. The summed E-state index contributed by atoms with van der Waals surface area (Å²) in [6.45, 7) is 2.09. The van der Waals surface area contributed by atoms with Crippen molar-refractivity contribution >= 4 is 15.6 Å². The first-order chi connectivity index (χ1) is 20.3. The lowest BCUT2D eigenvalue weighted by molar-refractivity contribution is -0.286. The van der Waals surface area contributed by atoms with Crippen molar-refractivity contribution in [3.05, 3.63) is 76.4 Å². The molecule has 9 heteroatoms. The minimum Gasteiger partial charge on any atom is -0.395 e. The number of carbonyl (C=O) groups is 1. The zero-order valence-electron chi connectivity index (χ0n) is 24.0. The van der Waals surface area contributed by atoms with Crippen LogP contribution in [0.5, 0.6) is 11.5 Å². The number of aliphatic hydroxyl groups is 1. The molecule has 1 N–H and O–H groups in total. The van der Waals surface area contributed by atoms with E-state index in [1.54, 1.807) is 30.3 Å². The molecule has 1 aliphatic heterocycles. The molecule has 224 valence electrons. The Bertz CT molecular complexity index is 1780. The van der Waals surface area contributed by atoms with Crippen LogP contribution in [0.3, 0.4) is 0 Å². The highest BCUT2D eigenvalue weighted by Crippen LogP contribution is 2.67. The summed E-state index contributed by atoms with van der Waals surface area (Å²) in [6.07, 6.45) is 3.77. The number of fused-ring (bicyclic) bond motifs is 5. The van der Waals surface area contributed by atoms with Crippen LogP contribution in [0.2, 0.25) is 0 Å². The van der Waals surface area contributed by atoms with Gasteiger partial charge in [-0.15, -0.1) is 8.78 Å². The highest BCUT2D eigenvalue weighted by Gasteiger charge is 2.62. The molecule has 1 heterocycles. The summed E-state index contributed by atoms with van der Waals surface area (Å²) < 4.78 is 61.0. The van der Waals surface area contributed by atoms with Gasteiger partial charge in [0, 0.05) is 29.6 Å².